The second kappa shape index (κ2) is 8.26. The highest BCUT2D eigenvalue weighted by Gasteiger charge is 2.33. The zero-order valence-electron chi connectivity index (χ0n) is 19.2. The van der Waals surface area contributed by atoms with E-state index in [1.54, 1.807) is 61.0 Å². The molecular formula is C24H18F3N5O4. The lowest BCUT2D eigenvalue weighted by Crippen LogP contribution is -2.18. The molecule has 0 bridgehead atoms. The van der Waals surface area contributed by atoms with Crippen molar-refractivity contribution in [1.82, 2.24) is 24.5 Å². The van der Waals surface area contributed by atoms with Crippen molar-refractivity contribution in [3.63, 3.8) is 0 Å². The van der Waals surface area contributed by atoms with Gasteiger partial charge in [0.05, 0.1) is 23.1 Å². The summed E-state index contributed by atoms with van der Waals surface area (Å²) < 4.78 is 52.6. The molecule has 0 aliphatic carbocycles. The van der Waals surface area contributed by atoms with Crippen molar-refractivity contribution in [3.8, 4) is 33.7 Å². The number of carbonyl (C=O) groups is 1. The normalized spacial score (nSPS) is 11.8. The van der Waals surface area contributed by atoms with Crippen LogP contribution >= 0.6 is 0 Å². The van der Waals surface area contributed by atoms with Crippen LogP contribution in [0.1, 0.15) is 21.8 Å². The van der Waals surface area contributed by atoms with E-state index in [1.807, 2.05) is 0 Å². The number of hydrogen-bond donors (Lipinski definition) is 1. The summed E-state index contributed by atoms with van der Waals surface area (Å²) in [5.41, 5.74) is 3.15. The fourth-order valence-electron chi connectivity index (χ4n) is 4.17. The summed E-state index contributed by atoms with van der Waals surface area (Å²) in [5, 5.41) is 18.0. The maximum Gasteiger partial charge on any atom is 0.573 e. The molecule has 0 fully saturated rings. The Morgan fingerprint density at radius 3 is 2.50 bits per heavy atom. The van der Waals surface area contributed by atoms with Crippen LogP contribution in [0.25, 0.3) is 39.0 Å². The molecule has 1 N–H and O–H groups in total. The lowest BCUT2D eigenvalue weighted by molar-refractivity contribution is -0.274. The highest BCUT2D eigenvalue weighted by Crippen LogP contribution is 2.41. The maximum atomic E-state index is 13.3. The number of rotatable bonds is 5. The minimum atomic E-state index is -5.03. The molecule has 5 rings (SSSR count). The molecule has 9 nitrogen and oxygen atoms in total. The molecule has 4 heterocycles. The third-order valence-electron chi connectivity index (χ3n) is 5.68. The van der Waals surface area contributed by atoms with Crippen LogP contribution in [0.3, 0.4) is 0 Å². The third kappa shape index (κ3) is 4.06. The number of alkyl halides is 3. The van der Waals surface area contributed by atoms with Gasteiger partial charge in [-0.25, -0.2) is 9.78 Å². The summed E-state index contributed by atoms with van der Waals surface area (Å²) >= 11 is 0. The van der Waals surface area contributed by atoms with Crippen LogP contribution in [-0.4, -0.2) is 41.9 Å². The van der Waals surface area contributed by atoms with Crippen molar-refractivity contribution in [2.75, 3.05) is 0 Å². The van der Waals surface area contributed by atoms with Crippen LogP contribution in [0, 0.1) is 13.8 Å². The van der Waals surface area contributed by atoms with Crippen molar-refractivity contribution >= 4 is 17.0 Å². The van der Waals surface area contributed by atoms with E-state index in [9.17, 15) is 23.1 Å². The summed E-state index contributed by atoms with van der Waals surface area (Å²) in [5.74, 6) is -1.46. The van der Waals surface area contributed by atoms with Crippen molar-refractivity contribution in [2.24, 2.45) is 7.05 Å². The fourth-order valence-corrected chi connectivity index (χ4v) is 4.17. The number of carboxylic acids is 1. The quantitative estimate of drug-likeness (QED) is 0.351. The van der Waals surface area contributed by atoms with Gasteiger partial charge in [-0.3, -0.25) is 9.25 Å². The summed E-state index contributed by atoms with van der Waals surface area (Å²) in [6, 6.07) is 5.14. The second-order valence-electron chi connectivity index (χ2n) is 8.14. The van der Waals surface area contributed by atoms with Crippen molar-refractivity contribution in [1.29, 1.82) is 0 Å². The number of aromatic nitrogens is 5. The molecule has 0 radical (unpaired) electrons. The van der Waals surface area contributed by atoms with Gasteiger partial charge in [0.15, 0.2) is 0 Å². The number of ether oxygens (including phenoxy) is 1. The Bertz CT molecular complexity index is 1610. The Morgan fingerprint density at radius 2 is 1.89 bits per heavy atom. The number of hydrogen-bond acceptors (Lipinski definition) is 6. The molecule has 5 aromatic rings. The SMILES string of the molecule is Cc1noc(C)c1-c1cnc2c(c1)c(-c1ccc(C(=O)O)cc1OC(F)(F)F)cn2-c1cnn(C)c1. The molecule has 0 amide bonds. The van der Waals surface area contributed by atoms with Crippen LogP contribution in [0.5, 0.6) is 5.75 Å². The topological polar surface area (TPSA) is 108 Å². The lowest BCUT2D eigenvalue weighted by atomic mass is 10.00. The Morgan fingerprint density at radius 1 is 1.11 bits per heavy atom. The highest BCUT2D eigenvalue weighted by atomic mass is 19.4. The molecule has 0 saturated heterocycles. The van der Waals surface area contributed by atoms with Gasteiger partial charge in [-0.1, -0.05) is 5.16 Å². The molecule has 184 valence electrons. The summed E-state index contributed by atoms with van der Waals surface area (Å²) in [6.07, 6.45) is 1.53. The number of pyridine rings is 1. The largest absolute Gasteiger partial charge is 0.573 e. The molecule has 0 atom stereocenters. The number of aryl methyl sites for hydroxylation is 3. The maximum absolute atomic E-state index is 13.3. The minimum absolute atomic E-state index is 0.0441. The number of fused-ring (bicyclic) bond motifs is 1. The van der Waals surface area contributed by atoms with E-state index in [-0.39, 0.29) is 11.1 Å². The molecule has 0 unspecified atom stereocenters. The molecule has 36 heavy (non-hydrogen) atoms. The first kappa shape index (κ1) is 23.1. The Hall–Kier alpha value is -4.61. The molecule has 1 aromatic carbocycles. The number of aromatic carboxylic acids is 1. The Kier molecular flexibility index (Phi) is 5.31. The number of carboxylic acid groups (broad SMARTS) is 1. The monoisotopic (exact) mass is 497 g/mol. The van der Waals surface area contributed by atoms with Crippen LogP contribution in [0.15, 0.2) is 53.6 Å². The van der Waals surface area contributed by atoms with Gasteiger partial charge in [0.1, 0.15) is 17.2 Å². The first-order valence-electron chi connectivity index (χ1n) is 10.6. The molecule has 0 aliphatic rings. The van der Waals surface area contributed by atoms with Gasteiger partial charge in [0.25, 0.3) is 0 Å². The van der Waals surface area contributed by atoms with E-state index < -0.39 is 18.1 Å². The number of nitrogens with zero attached hydrogens (tertiary/aromatic N) is 5. The first-order valence-corrected chi connectivity index (χ1v) is 10.6. The van der Waals surface area contributed by atoms with Gasteiger partial charge in [-0.05, 0) is 38.1 Å². The van der Waals surface area contributed by atoms with E-state index in [0.717, 1.165) is 11.6 Å². The van der Waals surface area contributed by atoms with Crippen LogP contribution in [0.4, 0.5) is 13.2 Å². The highest BCUT2D eigenvalue weighted by molar-refractivity contribution is 5.99. The van der Waals surface area contributed by atoms with E-state index in [1.165, 1.54) is 12.1 Å². The smallest absolute Gasteiger partial charge is 0.478 e. The Labute approximate surface area is 201 Å². The zero-order valence-corrected chi connectivity index (χ0v) is 19.2. The fraction of sp³-hybridized carbons (Fsp3) is 0.167. The number of halogens is 3. The minimum Gasteiger partial charge on any atom is -0.478 e. The predicted molar refractivity (Wildman–Crippen MR) is 122 cm³/mol. The Balaban J connectivity index is 1.81. The van der Waals surface area contributed by atoms with Crippen LogP contribution in [-0.2, 0) is 7.05 Å². The standard InChI is InChI=1S/C24H18F3N5O4/c1-12-21(13(2)36-30-12)15-6-18-19(11-32(22(18)28-8-15)16-9-29-31(3)10-16)17-5-4-14(23(33)34)7-20(17)35-24(25,26)27/h4-11H,1-3H3,(H,33,34). The second-order valence-corrected chi connectivity index (χ2v) is 8.14. The summed E-state index contributed by atoms with van der Waals surface area (Å²) in [7, 11) is 1.74. The van der Waals surface area contributed by atoms with E-state index in [2.05, 4.69) is 20.0 Å². The molecule has 0 aliphatic heterocycles. The summed E-state index contributed by atoms with van der Waals surface area (Å²) in [4.78, 5) is 16.0. The van der Waals surface area contributed by atoms with Gasteiger partial charge in [0, 0.05) is 53.3 Å². The zero-order chi connectivity index (χ0) is 25.8. The van der Waals surface area contributed by atoms with Gasteiger partial charge < -0.3 is 14.4 Å². The molecule has 4 aromatic heterocycles. The van der Waals surface area contributed by atoms with Crippen LogP contribution < -0.4 is 4.74 Å². The third-order valence-corrected chi connectivity index (χ3v) is 5.68. The average Bonchev–Trinajstić information content (AvgIpc) is 3.49. The predicted octanol–water partition coefficient (Wildman–Crippen LogP) is 5.29. The van der Waals surface area contributed by atoms with Gasteiger partial charge in [-0.15, -0.1) is 13.2 Å². The molecular weight excluding hydrogens is 479 g/mol. The van der Waals surface area contributed by atoms with E-state index in [0.29, 0.717) is 39.3 Å². The summed E-state index contributed by atoms with van der Waals surface area (Å²) in [6.45, 7) is 3.53. The molecule has 0 saturated carbocycles. The molecule has 0 spiro atoms. The van der Waals surface area contributed by atoms with E-state index >= 15 is 0 Å². The van der Waals surface area contributed by atoms with E-state index in [4.69, 9.17) is 4.52 Å². The van der Waals surface area contributed by atoms with Gasteiger partial charge in [-0.2, -0.15) is 5.10 Å². The van der Waals surface area contributed by atoms with Crippen molar-refractivity contribution in [2.45, 2.75) is 20.2 Å². The van der Waals surface area contributed by atoms with Gasteiger partial charge >= 0.3 is 12.3 Å². The molecule has 12 heteroatoms. The first-order chi connectivity index (χ1) is 17.0. The van der Waals surface area contributed by atoms with Gasteiger partial charge in [0.2, 0.25) is 0 Å². The number of benzene rings is 1. The van der Waals surface area contributed by atoms with Crippen molar-refractivity contribution in [3.05, 3.63) is 66.1 Å². The van der Waals surface area contributed by atoms with Crippen molar-refractivity contribution < 1.29 is 32.3 Å². The lowest BCUT2D eigenvalue weighted by Gasteiger charge is -2.14. The van der Waals surface area contributed by atoms with Crippen LogP contribution in [0.2, 0.25) is 0 Å². The average molecular weight is 497 g/mol.